The van der Waals surface area contributed by atoms with E-state index < -0.39 is 23.6 Å². The molecule has 1 heterocycles. The maximum absolute atomic E-state index is 12.8. The standard InChI is InChI=1S/C11H11F3N2OS/c12-11(13,14)10(17)6-8(18-9(15)16-10)7-4-2-1-3-5-7/h1-5,8,17H,6H2,(H2,15,16)/t8-,10+/m1/s1. The third-order valence-corrected chi connectivity index (χ3v) is 3.71. The first-order valence-corrected chi connectivity index (χ1v) is 6.06. The molecule has 0 spiro atoms. The second-order valence-electron chi connectivity index (χ2n) is 3.99. The van der Waals surface area contributed by atoms with Crippen LogP contribution in [-0.2, 0) is 0 Å². The molecule has 1 aliphatic heterocycles. The molecule has 1 aromatic rings. The number of halogens is 3. The van der Waals surface area contributed by atoms with Crippen LogP contribution in [0.3, 0.4) is 0 Å². The van der Waals surface area contributed by atoms with Crippen LogP contribution in [0.4, 0.5) is 13.2 Å². The molecule has 2 atom stereocenters. The highest BCUT2D eigenvalue weighted by molar-refractivity contribution is 8.14. The Morgan fingerprint density at radius 1 is 1.33 bits per heavy atom. The lowest BCUT2D eigenvalue weighted by molar-refractivity contribution is -0.259. The SMILES string of the molecule is NC1=N[C@@](O)(C(F)(F)F)C[C@H](c2ccccc2)S1. The topological polar surface area (TPSA) is 58.6 Å². The van der Waals surface area contributed by atoms with E-state index in [1.54, 1.807) is 30.3 Å². The number of alkyl halides is 3. The minimum absolute atomic E-state index is 0.255. The van der Waals surface area contributed by atoms with E-state index in [1.165, 1.54) is 0 Å². The molecule has 0 aromatic heterocycles. The van der Waals surface area contributed by atoms with Crippen molar-refractivity contribution in [2.75, 3.05) is 0 Å². The molecular formula is C11H11F3N2OS. The number of hydrogen-bond donors (Lipinski definition) is 2. The number of benzene rings is 1. The molecule has 0 saturated heterocycles. The zero-order chi connectivity index (χ0) is 13.4. The number of nitrogens with zero attached hydrogens (tertiary/aromatic N) is 1. The molecule has 1 aromatic carbocycles. The second kappa shape index (κ2) is 4.47. The molecule has 0 unspecified atom stereocenters. The van der Waals surface area contributed by atoms with Crippen LogP contribution in [0.5, 0.6) is 0 Å². The minimum Gasteiger partial charge on any atom is -0.378 e. The van der Waals surface area contributed by atoms with E-state index in [9.17, 15) is 18.3 Å². The summed E-state index contributed by atoms with van der Waals surface area (Å²) in [5.74, 6) is 0. The summed E-state index contributed by atoms with van der Waals surface area (Å²) in [6, 6.07) is 8.62. The van der Waals surface area contributed by atoms with Gasteiger partial charge in [0.15, 0.2) is 5.17 Å². The lowest BCUT2D eigenvalue weighted by Gasteiger charge is -2.34. The van der Waals surface area contributed by atoms with Gasteiger partial charge in [-0.25, -0.2) is 4.99 Å². The molecule has 0 saturated carbocycles. The Morgan fingerprint density at radius 3 is 2.50 bits per heavy atom. The van der Waals surface area contributed by atoms with Gasteiger partial charge in [0.1, 0.15) is 0 Å². The molecule has 0 radical (unpaired) electrons. The van der Waals surface area contributed by atoms with Crippen molar-refractivity contribution in [1.29, 1.82) is 0 Å². The Balaban J connectivity index is 2.32. The highest BCUT2D eigenvalue weighted by Gasteiger charge is 2.57. The van der Waals surface area contributed by atoms with Crippen LogP contribution in [0.1, 0.15) is 17.2 Å². The summed E-state index contributed by atoms with van der Waals surface area (Å²) in [5.41, 5.74) is 2.98. The van der Waals surface area contributed by atoms with E-state index in [1.807, 2.05) is 0 Å². The minimum atomic E-state index is -4.83. The quantitative estimate of drug-likeness (QED) is 0.828. The van der Waals surface area contributed by atoms with Crippen molar-refractivity contribution in [2.24, 2.45) is 10.7 Å². The van der Waals surface area contributed by atoms with Gasteiger partial charge >= 0.3 is 6.18 Å². The lowest BCUT2D eigenvalue weighted by atomic mass is 10.0. The van der Waals surface area contributed by atoms with Crippen molar-refractivity contribution >= 4 is 16.9 Å². The number of thioether (sulfide) groups is 1. The monoisotopic (exact) mass is 276 g/mol. The Labute approximate surface area is 106 Å². The average molecular weight is 276 g/mol. The summed E-state index contributed by atoms with van der Waals surface area (Å²) < 4.78 is 38.3. The molecule has 0 amide bonds. The van der Waals surface area contributed by atoms with Crippen LogP contribution < -0.4 is 5.73 Å². The Hall–Kier alpha value is -1.21. The van der Waals surface area contributed by atoms with Crippen molar-refractivity contribution in [1.82, 2.24) is 0 Å². The van der Waals surface area contributed by atoms with Crippen LogP contribution in [-0.4, -0.2) is 22.2 Å². The van der Waals surface area contributed by atoms with Crippen molar-refractivity contribution in [3.63, 3.8) is 0 Å². The summed E-state index contributed by atoms with van der Waals surface area (Å²) in [6.07, 6.45) is -5.36. The fourth-order valence-corrected chi connectivity index (χ4v) is 2.84. The first kappa shape index (κ1) is 13.2. The third-order valence-electron chi connectivity index (χ3n) is 2.65. The number of hydrogen-bond acceptors (Lipinski definition) is 4. The zero-order valence-electron chi connectivity index (χ0n) is 9.19. The summed E-state index contributed by atoms with van der Waals surface area (Å²) in [4.78, 5) is 3.15. The van der Waals surface area contributed by atoms with Gasteiger partial charge in [-0.1, -0.05) is 42.1 Å². The van der Waals surface area contributed by atoms with E-state index in [0.29, 0.717) is 5.56 Å². The number of aliphatic imine (C=N–C) groups is 1. The summed E-state index contributed by atoms with van der Waals surface area (Å²) in [6.45, 7) is 0. The number of nitrogens with two attached hydrogens (primary N) is 1. The lowest BCUT2D eigenvalue weighted by Crippen LogP contribution is -2.47. The van der Waals surface area contributed by atoms with Crippen molar-refractivity contribution in [2.45, 2.75) is 23.6 Å². The normalized spacial score (nSPS) is 28.9. The zero-order valence-corrected chi connectivity index (χ0v) is 10.0. The first-order valence-electron chi connectivity index (χ1n) is 5.18. The Morgan fingerprint density at radius 2 is 1.94 bits per heavy atom. The van der Waals surface area contributed by atoms with E-state index in [0.717, 1.165) is 11.8 Å². The number of aliphatic hydroxyl groups is 1. The van der Waals surface area contributed by atoms with E-state index in [2.05, 4.69) is 4.99 Å². The number of amidine groups is 1. The van der Waals surface area contributed by atoms with Gasteiger partial charge in [-0.2, -0.15) is 13.2 Å². The first-order chi connectivity index (χ1) is 8.32. The maximum Gasteiger partial charge on any atom is 0.438 e. The second-order valence-corrected chi connectivity index (χ2v) is 5.21. The molecular weight excluding hydrogens is 265 g/mol. The molecule has 0 bridgehead atoms. The Bertz CT molecular complexity index is 463. The molecule has 1 aliphatic rings. The average Bonchev–Trinajstić information content (AvgIpc) is 2.27. The van der Waals surface area contributed by atoms with E-state index in [-0.39, 0.29) is 5.17 Å². The summed E-state index contributed by atoms with van der Waals surface area (Å²) >= 11 is 1.03. The van der Waals surface area contributed by atoms with Crippen molar-refractivity contribution < 1.29 is 18.3 Å². The molecule has 3 nitrogen and oxygen atoms in total. The fourth-order valence-electron chi connectivity index (χ4n) is 1.73. The van der Waals surface area contributed by atoms with Gasteiger partial charge in [-0.3, -0.25) is 0 Å². The van der Waals surface area contributed by atoms with E-state index in [4.69, 9.17) is 5.73 Å². The molecule has 18 heavy (non-hydrogen) atoms. The largest absolute Gasteiger partial charge is 0.438 e. The van der Waals surface area contributed by atoms with Gasteiger partial charge in [-0.05, 0) is 5.56 Å². The molecule has 0 aliphatic carbocycles. The van der Waals surface area contributed by atoms with Crippen LogP contribution in [0, 0.1) is 0 Å². The van der Waals surface area contributed by atoms with E-state index >= 15 is 0 Å². The summed E-state index contributed by atoms with van der Waals surface area (Å²) in [5, 5.41) is 8.79. The van der Waals surface area contributed by atoms with Gasteiger partial charge in [-0.15, -0.1) is 0 Å². The third kappa shape index (κ3) is 2.46. The smallest absolute Gasteiger partial charge is 0.378 e. The maximum atomic E-state index is 12.8. The van der Waals surface area contributed by atoms with Gasteiger partial charge in [0, 0.05) is 11.7 Å². The van der Waals surface area contributed by atoms with Crippen LogP contribution in [0.2, 0.25) is 0 Å². The van der Waals surface area contributed by atoms with Gasteiger partial charge in [0.2, 0.25) is 0 Å². The van der Waals surface area contributed by atoms with Crippen molar-refractivity contribution in [3.8, 4) is 0 Å². The highest BCUT2D eigenvalue weighted by Crippen LogP contribution is 2.47. The number of rotatable bonds is 1. The molecule has 98 valence electrons. The van der Waals surface area contributed by atoms with Crippen molar-refractivity contribution in [3.05, 3.63) is 35.9 Å². The van der Waals surface area contributed by atoms with Crippen LogP contribution in [0.15, 0.2) is 35.3 Å². The molecule has 7 heteroatoms. The molecule has 3 N–H and O–H groups in total. The fraction of sp³-hybridized carbons (Fsp3) is 0.364. The summed E-state index contributed by atoms with van der Waals surface area (Å²) in [7, 11) is 0. The molecule has 2 rings (SSSR count). The molecule has 0 fully saturated rings. The predicted octanol–water partition coefficient (Wildman–Crippen LogP) is 2.43. The Kier molecular flexibility index (Phi) is 3.29. The van der Waals surface area contributed by atoms with Gasteiger partial charge in [0.05, 0.1) is 0 Å². The predicted molar refractivity (Wildman–Crippen MR) is 64.0 cm³/mol. The van der Waals surface area contributed by atoms with Gasteiger partial charge in [0.25, 0.3) is 5.72 Å². The highest BCUT2D eigenvalue weighted by atomic mass is 32.2. The van der Waals surface area contributed by atoms with Crippen LogP contribution in [0.25, 0.3) is 0 Å². The van der Waals surface area contributed by atoms with Gasteiger partial charge < -0.3 is 10.8 Å². The van der Waals surface area contributed by atoms with Crippen LogP contribution >= 0.6 is 11.8 Å².